The molecule has 1 amide bonds. The van der Waals surface area contributed by atoms with Crippen molar-refractivity contribution in [3.63, 3.8) is 0 Å². The average molecular weight is 459 g/mol. The molecule has 1 heterocycles. The first-order valence-corrected chi connectivity index (χ1v) is 9.96. The minimum atomic E-state index is -4.78. The molecule has 0 saturated carbocycles. The zero-order valence-corrected chi connectivity index (χ0v) is 17.5. The van der Waals surface area contributed by atoms with Crippen LogP contribution in [0.1, 0.15) is 36.5 Å². The maximum absolute atomic E-state index is 14.1. The second kappa shape index (κ2) is 8.88. The molecule has 1 atom stereocenters. The molecule has 2 aromatic rings. The van der Waals surface area contributed by atoms with Crippen LogP contribution < -0.4 is 10.8 Å². The Morgan fingerprint density at radius 2 is 1.87 bits per heavy atom. The Morgan fingerprint density at radius 1 is 1.17 bits per heavy atom. The van der Waals surface area contributed by atoms with Crippen molar-refractivity contribution in [2.24, 2.45) is 0 Å². The molecule has 0 spiro atoms. The minimum Gasteiger partial charge on any atom is -0.352 e. The number of carbonyl (C=O) groups excluding carboxylic acids is 1. The molecule has 9 heteroatoms. The van der Waals surface area contributed by atoms with Gasteiger partial charge in [-0.1, -0.05) is 48.3 Å². The van der Waals surface area contributed by atoms with E-state index in [0.717, 1.165) is 18.1 Å². The lowest BCUT2D eigenvalue weighted by Gasteiger charge is -2.28. The summed E-state index contributed by atoms with van der Waals surface area (Å²) in [7, 11) is 0. The highest BCUT2D eigenvalue weighted by Gasteiger charge is 2.59. The van der Waals surface area contributed by atoms with E-state index >= 15 is 0 Å². The quantitative estimate of drug-likeness (QED) is 0.579. The standard InChI is InChI=1S/C21H19Cl2F3N2O2/c1-2-4-19(29)27-12-13-5-3-6-14(7-13)18-11-20(30-28-18,21(24,25)26)15-8-16(22)10-17(23)9-15/h3,5-11,28H,2,4,12H2,1H3,(H,27,29). The maximum Gasteiger partial charge on any atom is 0.428 e. The fourth-order valence-corrected chi connectivity index (χ4v) is 3.64. The van der Waals surface area contributed by atoms with E-state index in [9.17, 15) is 18.0 Å². The number of amides is 1. The summed E-state index contributed by atoms with van der Waals surface area (Å²) < 4.78 is 42.2. The van der Waals surface area contributed by atoms with Crippen LogP contribution in [0.25, 0.3) is 5.70 Å². The zero-order chi connectivity index (χ0) is 21.9. The van der Waals surface area contributed by atoms with Gasteiger partial charge in [0.1, 0.15) is 0 Å². The average Bonchev–Trinajstić information content (AvgIpc) is 3.13. The molecule has 0 saturated heterocycles. The Morgan fingerprint density at radius 3 is 2.50 bits per heavy atom. The van der Waals surface area contributed by atoms with Gasteiger partial charge in [0.05, 0.1) is 5.70 Å². The third-order valence-corrected chi connectivity index (χ3v) is 5.02. The van der Waals surface area contributed by atoms with Crippen molar-refractivity contribution < 1.29 is 22.8 Å². The predicted octanol–water partition coefficient (Wildman–Crippen LogP) is 5.74. The fourth-order valence-electron chi connectivity index (χ4n) is 3.12. The molecule has 2 aromatic carbocycles. The third-order valence-electron chi connectivity index (χ3n) is 4.59. The van der Waals surface area contributed by atoms with E-state index in [1.807, 2.05) is 6.92 Å². The number of hydrogen-bond donors (Lipinski definition) is 2. The molecule has 4 nitrogen and oxygen atoms in total. The Labute approximate surface area is 182 Å². The number of rotatable bonds is 6. The smallest absolute Gasteiger partial charge is 0.352 e. The van der Waals surface area contributed by atoms with Gasteiger partial charge in [0.2, 0.25) is 11.5 Å². The van der Waals surface area contributed by atoms with E-state index in [0.29, 0.717) is 12.0 Å². The van der Waals surface area contributed by atoms with E-state index in [4.69, 9.17) is 28.0 Å². The van der Waals surface area contributed by atoms with Crippen LogP contribution in [0.3, 0.4) is 0 Å². The molecular weight excluding hydrogens is 440 g/mol. The molecule has 0 aliphatic carbocycles. The molecule has 1 aliphatic rings. The maximum atomic E-state index is 14.1. The van der Waals surface area contributed by atoms with Gasteiger partial charge in [-0.2, -0.15) is 13.2 Å². The molecule has 0 radical (unpaired) electrons. The second-order valence-corrected chi connectivity index (χ2v) is 7.75. The van der Waals surface area contributed by atoms with Gasteiger partial charge in [0.15, 0.2) is 0 Å². The van der Waals surface area contributed by atoms with Gasteiger partial charge in [-0.05, 0) is 42.3 Å². The first-order chi connectivity index (χ1) is 14.1. The van der Waals surface area contributed by atoms with Crippen molar-refractivity contribution in [1.82, 2.24) is 10.8 Å². The van der Waals surface area contributed by atoms with Crippen LogP contribution in [-0.4, -0.2) is 12.1 Å². The van der Waals surface area contributed by atoms with E-state index in [-0.39, 0.29) is 33.8 Å². The number of nitrogens with one attached hydrogen (secondary N) is 2. The molecule has 0 bridgehead atoms. The summed E-state index contributed by atoms with van der Waals surface area (Å²) in [5.74, 6) is -0.0848. The number of benzene rings is 2. The number of carbonyl (C=O) groups is 1. The van der Waals surface area contributed by atoms with Gasteiger partial charge in [-0.3, -0.25) is 15.1 Å². The predicted molar refractivity (Wildman–Crippen MR) is 110 cm³/mol. The summed E-state index contributed by atoms with van der Waals surface area (Å²) in [6, 6.07) is 10.5. The number of hydroxylamine groups is 1. The minimum absolute atomic E-state index is 0.0661. The van der Waals surface area contributed by atoms with Crippen LogP contribution in [0, 0.1) is 0 Å². The van der Waals surface area contributed by atoms with Gasteiger partial charge in [-0.15, -0.1) is 0 Å². The van der Waals surface area contributed by atoms with Gasteiger partial charge in [0.25, 0.3) is 0 Å². The highest BCUT2D eigenvalue weighted by Crippen LogP contribution is 2.48. The Bertz CT molecular complexity index is 959. The third kappa shape index (κ3) is 4.74. The summed E-state index contributed by atoms with van der Waals surface area (Å²) in [6.45, 7) is 2.17. The summed E-state index contributed by atoms with van der Waals surface area (Å²) in [4.78, 5) is 16.7. The Kier molecular flexibility index (Phi) is 6.65. The van der Waals surface area contributed by atoms with Gasteiger partial charge >= 0.3 is 6.18 Å². The summed E-state index contributed by atoms with van der Waals surface area (Å²) >= 11 is 11.8. The Balaban J connectivity index is 1.94. The largest absolute Gasteiger partial charge is 0.428 e. The van der Waals surface area contributed by atoms with Crippen LogP contribution in [0.15, 0.2) is 48.5 Å². The molecular formula is C21H19Cl2F3N2O2. The van der Waals surface area contributed by atoms with Crippen molar-refractivity contribution in [2.75, 3.05) is 0 Å². The topological polar surface area (TPSA) is 50.4 Å². The molecule has 2 N–H and O–H groups in total. The lowest BCUT2D eigenvalue weighted by Crippen LogP contribution is -2.42. The van der Waals surface area contributed by atoms with Crippen molar-refractivity contribution >= 4 is 34.8 Å². The van der Waals surface area contributed by atoms with Crippen molar-refractivity contribution in [3.05, 3.63) is 75.3 Å². The fraction of sp³-hybridized carbons (Fsp3) is 0.286. The van der Waals surface area contributed by atoms with E-state index in [1.165, 1.54) is 18.2 Å². The molecule has 160 valence electrons. The molecule has 1 unspecified atom stereocenters. The highest BCUT2D eigenvalue weighted by atomic mass is 35.5. The molecule has 0 fully saturated rings. The van der Waals surface area contributed by atoms with Crippen molar-refractivity contribution in [2.45, 2.75) is 38.1 Å². The van der Waals surface area contributed by atoms with Crippen LogP contribution in [0.5, 0.6) is 0 Å². The van der Waals surface area contributed by atoms with E-state index in [2.05, 4.69) is 10.8 Å². The first kappa shape index (κ1) is 22.5. The molecule has 0 aromatic heterocycles. The molecule has 30 heavy (non-hydrogen) atoms. The summed E-state index contributed by atoms with van der Waals surface area (Å²) in [6.07, 6.45) is -2.67. The van der Waals surface area contributed by atoms with Gasteiger partial charge < -0.3 is 5.32 Å². The van der Waals surface area contributed by atoms with Crippen LogP contribution in [-0.2, 0) is 21.8 Å². The highest BCUT2D eigenvalue weighted by molar-refractivity contribution is 6.34. The lowest BCUT2D eigenvalue weighted by molar-refractivity contribution is -0.269. The Hall–Kier alpha value is -2.22. The summed E-state index contributed by atoms with van der Waals surface area (Å²) in [5.41, 5.74) is 0.774. The SMILES string of the molecule is CCCC(=O)NCc1cccc(C2=CC(c3cc(Cl)cc(Cl)c3)(C(F)(F)F)ON2)c1. The van der Waals surface area contributed by atoms with Crippen molar-refractivity contribution in [1.29, 1.82) is 0 Å². The van der Waals surface area contributed by atoms with Crippen LogP contribution in [0.4, 0.5) is 13.2 Å². The van der Waals surface area contributed by atoms with Gasteiger partial charge in [-0.25, -0.2) is 0 Å². The molecule has 1 aliphatic heterocycles. The molecule has 3 rings (SSSR count). The first-order valence-electron chi connectivity index (χ1n) is 9.21. The second-order valence-electron chi connectivity index (χ2n) is 6.88. The van der Waals surface area contributed by atoms with E-state index < -0.39 is 11.8 Å². The number of halogens is 5. The van der Waals surface area contributed by atoms with Crippen LogP contribution in [0.2, 0.25) is 10.0 Å². The van der Waals surface area contributed by atoms with Crippen LogP contribution >= 0.6 is 23.2 Å². The zero-order valence-electron chi connectivity index (χ0n) is 15.9. The van der Waals surface area contributed by atoms with Crippen molar-refractivity contribution in [3.8, 4) is 0 Å². The van der Waals surface area contributed by atoms with Gasteiger partial charge in [0, 0.05) is 34.1 Å². The lowest BCUT2D eigenvalue weighted by atomic mass is 9.91. The number of hydrogen-bond acceptors (Lipinski definition) is 3. The van der Waals surface area contributed by atoms with E-state index in [1.54, 1.807) is 24.3 Å². The number of alkyl halides is 3. The monoisotopic (exact) mass is 458 g/mol. The summed E-state index contributed by atoms with van der Waals surface area (Å²) in [5, 5.41) is 2.91. The normalized spacial score (nSPS) is 18.7.